The molecule has 0 N–H and O–H groups in total. The Labute approximate surface area is 147 Å². The standard InChI is InChI=1S/C10H23NO.C10H22O/c1-9(2)8-12-7-6-11(5)10(3)4;1-9(2)6-5-7-11-8-10(3)4/h9-10H,6-8H2,1-5H3;9-10H,5-8H2,1-4H3. The van der Waals surface area contributed by atoms with Gasteiger partial charge in [-0.15, -0.1) is 0 Å². The van der Waals surface area contributed by atoms with Gasteiger partial charge in [-0.05, 0) is 51.5 Å². The van der Waals surface area contributed by atoms with Crippen molar-refractivity contribution in [1.82, 2.24) is 4.90 Å². The summed E-state index contributed by atoms with van der Waals surface area (Å²) < 4.78 is 10.9. The molecule has 0 bridgehead atoms. The van der Waals surface area contributed by atoms with Crippen LogP contribution in [0.5, 0.6) is 0 Å². The molecule has 23 heavy (non-hydrogen) atoms. The normalized spacial score (nSPS) is 11.7. The predicted molar refractivity (Wildman–Crippen MR) is 103 cm³/mol. The van der Waals surface area contributed by atoms with Crippen molar-refractivity contribution >= 4 is 0 Å². The van der Waals surface area contributed by atoms with E-state index in [1.54, 1.807) is 0 Å². The van der Waals surface area contributed by atoms with E-state index in [2.05, 4.69) is 67.3 Å². The Bertz CT molecular complexity index is 218. The number of hydrogen-bond acceptors (Lipinski definition) is 3. The lowest BCUT2D eigenvalue weighted by molar-refractivity contribution is 0.0851. The molecule has 0 radical (unpaired) electrons. The van der Waals surface area contributed by atoms with E-state index in [0.717, 1.165) is 38.9 Å². The Kier molecular flexibility index (Phi) is 18.3. The zero-order chi connectivity index (χ0) is 18.3. The van der Waals surface area contributed by atoms with Gasteiger partial charge in [0.2, 0.25) is 0 Å². The topological polar surface area (TPSA) is 21.7 Å². The van der Waals surface area contributed by atoms with Crippen LogP contribution >= 0.6 is 0 Å². The molecule has 0 saturated heterocycles. The van der Waals surface area contributed by atoms with Crippen molar-refractivity contribution in [3.05, 3.63) is 0 Å². The highest BCUT2D eigenvalue weighted by molar-refractivity contribution is 4.55. The fourth-order valence-corrected chi connectivity index (χ4v) is 1.70. The number of rotatable bonds is 12. The van der Waals surface area contributed by atoms with Gasteiger partial charge in [-0.25, -0.2) is 0 Å². The average Bonchev–Trinajstić information content (AvgIpc) is 2.42. The van der Waals surface area contributed by atoms with Crippen molar-refractivity contribution < 1.29 is 9.47 Å². The van der Waals surface area contributed by atoms with Gasteiger partial charge >= 0.3 is 0 Å². The van der Waals surface area contributed by atoms with E-state index in [1.165, 1.54) is 12.8 Å². The van der Waals surface area contributed by atoms with E-state index in [0.29, 0.717) is 17.9 Å². The van der Waals surface area contributed by atoms with Gasteiger partial charge < -0.3 is 14.4 Å². The molecule has 0 heterocycles. The SMILES string of the molecule is CC(C)CCCOCC(C)C.CC(C)COCCN(C)C(C)C. The van der Waals surface area contributed by atoms with Crippen LogP contribution in [0.3, 0.4) is 0 Å². The molecule has 0 aliphatic carbocycles. The Morgan fingerprint density at radius 2 is 1.17 bits per heavy atom. The summed E-state index contributed by atoms with van der Waals surface area (Å²) in [5.74, 6) is 2.14. The second kappa shape index (κ2) is 16.7. The largest absolute Gasteiger partial charge is 0.381 e. The maximum Gasteiger partial charge on any atom is 0.0593 e. The summed E-state index contributed by atoms with van der Waals surface area (Å²) in [4.78, 5) is 2.29. The van der Waals surface area contributed by atoms with Crippen molar-refractivity contribution in [3.63, 3.8) is 0 Å². The molecule has 0 rings (SSSR count). The van der Waals surface area contributed by atoms with Gasteiger partial charge in [0.05, 0.1) is 6.61 Å². The van der Waals surface area contributed by atoms with Crippen LogP contribution in [0.2, 0.25) is 0 Å². The minimum absolute atomic E-state index is 0.618. The van der Waals surface area contributed by atoms with Crippen LogP contribution in [0, 0.1) is 17.8 Å². The Morgan fingerprint density at radius 3 is 1.57 bits per heavy atom. The van der Waals surface area contributed by atoms with E-state index in [-0.39, 0.29) is 0 Å². The molecule has 0 saturated carbocycles. The Balaban J connectivity index is 0. The summed E-state index contributed by atoms with van der Waals surface area (Å²) in [7, 11) is 2.13. The molecule has 0 aliphatic heterocycles. The Hall–Kier alpha value is -0.120. The molecule has 0 spiro atoms. The zero-order valence-corrected chi connectivity index (χ0v) is 17.5. The second-order valence-electron chi connectivity index (χ2n) is 8.05. The molecule has 3 nitrogen and oxygen atoms in total. The summed E-state index contributed by atoms with van der Waals surface area (Å²) in [5, 5.41) is 0. The van der Waals surface area contributed by atoms with Gasteiger partial charge in [-0.3, -0.25) is 0 Å². The molecule has 0 atom stereocenters. The van der Waals surface area contributed by atoms with Gasteiger partial charge in [0.1, 0.15) is 0 Å². The van der Waals surface area contributed by atoms with Gasteiger partial charge in [0.15, 0.2) is 0 Å². The molecule has 0 aromatic carbocycles. The molecular formula is C20H45NO2. The third-order valence-electron chi connectivity index (χ3n) is 3.44. The first-order chi connectivity index (χ1) is 10.7. The quantitative estimate of drug-likeness (QED) is 0.465. The van der Waals surface area contributed by atoms with Crippen molar-refractivity contribution in [2.45, 2.75) is 74.3 Å². The maximum atomic E-state index is 5.47. The summed E-state index contributed by atoms with van der Waals surface area (Å²) >= 11 is 0. The molecule has 142 valence electrons. The lowest BCUT2D eigenvalue weighted by atomic mass is 10.1. The van der Waals surface area contributed by atoms with Crippen molar-refractivity contribution in [1.29, 1.82) is 0 Å². The van der Waals surface area contributed by atoms with Crippen molar-refractivity contribution in [2.75, 3.05) is 40.0 Å². The highest BCUT2D eigenvalue weighted by atomic mass is 16.5. The molecule has 0 fully saturated rings. The van der Waals surface area contributed by atoms with Crippen LogP contribution in [0.15, 0.2) is 0 Å². The molecule has 0 aromatic rings. The summed E-state index contributed by atoms with van der Waals surface area (Å²) in [6.45, 7) is 22.2. The molecule has 0 unspecified atom stereocenters. The highest BCUT2D eigenvalue weighted by Gasteiger charge is 2.02. The van der Waals surface area contributed by atoms with Gasteiger partial charge in [0.25, 0.3) is 0 Å². The number of hydrogen-bond donors (Lipinski definition) is 0. The number of likely N-dealkylation sites (N-methyl/N-ethyl adjacent to an activating group) is 1. The van der Waals surface area contributed by atoms with Gasteiger partial charge in [-0.1, -0.05) is 41.5 Å². The minimum Gasteiger partial charge on any atom is -0.381 e. The minimum atomic E-state index is 0.618. The monoisotopic (exact) mass is 331 g/mol. The zero-order valence-electron chi connectivity index (χ0n) is 17.5. The van der Waals surface area contributed by atoms with E-state index in [9.17, 15) is 0 Å². The lowest BCUT2D eigenvalue weighted by Gasteiger charge is -2.20. The summed E-state index contributed by atoms with van der Waals surface area (Å²) in [5.41, 5.74) is 0. The van der Waals surface area contributed by atoms with E-state index < -0.39 is 0 Å². The van der Waals surface area contributed by atoms with Crippen LogP contribution in [0.25, 0.3) is 0 Å². The van der Waals surface area contributed by atoms with E-state index in [1.807, 2.05) is 0 Å². The first-order valence-electron chi connectivity index (χ1n) is 9.52. The van der Waals surface area contributed by atoms with Crippen LogP contribution < -0.4 is 0 Å². The van der Waals surface area contributed by atoms with Crippen LogP contribution in [0.4, 0.5) is 0 Å². The van der Waals surface area contributed by atoms with Crippen molar-refractivity contribution in [3.8, 4) is 0 Å². The average molecular weight is 332 g/mol. The highest BCUT2D eigenvalue weighted by Crippen LogP contribution is 2.03. The van der Waals surface area contributed by atoms with Crippen molar-refractivity contribution in [2.24, 2.45) is 17.8 Å². The molecule has 0 amide bonds. The van der Waals surface area contributed by atoms with Gasteiger partial charge in [0, 0.05) is 32.4 Å². The van der Waals surface area contributed by atoms with Crippen LogP contribution in [-0.2, 0) is 9.47 Å². The summed E-state index contributed by atoms with van der Waals surface area (Å²) in [6, 6.07) is 0.618. The molecule has 0 aliphatic rings. The number of nitrogens with zero attached hydrogens (tertiary/aromatic N) is 1. The summed E-state index contributed by atoms with van der Waals surface area (Å²) in [6.07, 6.45) is 2.50. The fraction of sp³-hybridized carbons (Fsp3) is 1.00. The maximum absolute atomic E-state index is 5.47. The predicted octanol–water partition coefficient (Wildman–Crippen LogP) is 5.09. The second-order valence-corrected chi connectivity index (χ2v) is 8.05. The molecule has 3 heteroatoms. The van der Waals surface area contributed by atoms with E-state index in [4.69, 9.17) is 9.47 Å². The van der Waals surface area contributed by atoms with Crippen LogP contribution in [-0.4, -0.2) is 51.0 Å². The van der Waals surface area contributed by atoms with E-state index >= 15 is 0 Å². The third kappa shape index (κ3) is 24.3. The number of ether oxygens (including phenoxy) is 2. The molecular weight excluding hydrogens is 286 g/mol. The Morgan fingerprint density at radius 1 is 0.696 bits per heavy atom. The fourth-order valence-electron chi connectivity index (χ4n) is 1.70. The molecule has 0 aromatic heterocycles. The van der Waals surface area contributed by atoms with Crippen LogP contribution in [0.1, 0.15) is 68.2 Å². The smallest absolute Gasteiger partial charge is 0.0593 e. The first kappa shape index (κ1) is 25.1. The third-order valence-corrected chi connectivity index (χ3v) is 3.44. The lowest BCUT2D eigenvalue weighted by Crippen LogP contribution is -2.30. The first-order valence-corrected chi connectivity index (χ1v) is 9.52. The van der Waals surface area contributed by atoms with Gasteiger partial charge in [-0.2, -0.15) is 0 Å².